The van der Waals surface area contributed by atoms with Crippen molar-refractivity contribution >= 4 is 33.2 Å². The van der Waals surface area contributed by atoms with Gasteiger partial charge < -0.3 is 11.1 Å². The number of nitrogens with one attached hydrogen (secondary N) is 1. The summed E-state index contributed by atoms with van der Waals surface area (Å²) in [5, 5.41) is 2.43. The minimum absolute atomic E-state index is 0.274. The van der Waals surface area contributed by atoms with E-state index in [1.807, 2.05) is 6.92 Å². The molecule has 2 aromatic rings. The lowest BCUT2D eigenvalue weighted by Crippen LogP contribution is -2.15. The van der Waals surface area contributed by atoms with E-state index in [0.29, 0.717) is 22.3 Å². The van der Waals surface area contributed by atoms with Crippen LogP contribution in [0.4, 0.5) is 24.5 Å². The van der Waals surface area contributed by atoms with E-state index in [1.54, 1.807) is 12.1 Å². The number of amides is 1. The Morgan fingerprint density at radius 3 is 2.24 bits per heavy atom. The van der Waals surface area contributed by atoms with Crippen LogP contribution in [-0.4, -0.2) is 5.91 Å². The molecule has 0 radical (unpaired) electrons. The van der Waals surface area contributed by atoms with Gasteiger partial charge in [-0.2, -0.15) is 0 Å². The largest absolute Gasteiger partial charge is 0.397 e. The Balaban J connectivity index is 2.35. The van der Waals surface area contributed by atoms with Crippen molar-refractivity contribution in [3.63, 3.8) is 0 Å². The van der Waals surface area contributed by atoms with Gasteiger partial charge in [-0.1, -0.05) is 0 Å². The van der Waals surface area contributed by atoms with Crippen molar-refractivity contribution in [3.8, 4) is 0 Å². The second-order valence-electron chi connectivity index (χ2n) is 4.42. The number of carbonyl (C=O) groups is 1. The number of hydrogen-bond donors (Lipinski definition) is 2. The summed E-state index contributed by atoms with van der Waals surface area (Å²) in [6.07, 6.45) is 0. The van der Waals surface area contributed by atoms with Crippen molar-refractivity contribution in [2.75, 3.05) is 11.1 Å². The number of halogens is 4. The smallest absolute Gasteiger partial charge is 0.255 e. The molecule has 2 aromatic carbocycles. The van der Waals surface area contributed by atoms with Crippen LogP contribution in [0.15, 0.2) is 28.7 Å². The highest BCUT2D eigenvalue weighted by Crippen LogP contribution is 2.30. The number of carbonyl (C=O) groups excluding carboxylic acids is 1. The lowest BCUT2D eigenvalue weighted by molar-refractivity contribution is 0.102. The normalized spacial score (nSPS) is 10.5. The van der Waals surface area contributed by atoms with Gasteiger partial charge in [0, 0.05) is 10.0 Å². The molecule has 21 heavy (non-hydrogen) atoms. The van der Waals surface area contributed by atoms with Crippen LogP contribution >= 0.6 is 15.9 Å². The predicted molar refractivity (Wildman–Crippen MR) is 77.6 cm³/mol. The second kappa shape index (κ2) is 5.77. The summed E-state index contributed by atoms with van der Waals surface area (Å²) in [6.45, 7) is 1.82. The van der Waals surface area contributed by atoms with Gasteiger partial charge in [0.05, 0.1) is 11.4 Å². The molecule has 7 heteroatoms. The lowest BCUT2D eigenvalue weighted by Gasteiger charge is -2.11. The number of rotatable bonds is 2. The van der Waals surface area contributed by atoms with E-state index in [4.69, 9.17) is 5.73 Å². The summed E-state index contributed by atoms with van der Waals surface area (Å²) in [4.78, 5) is 12.0. The van der Waals surface area contributed by atoms with Crippen molar-refractivity contribution in [1.82, 2.24) is 0 Å². The van der Waals surface area contributed by atoms with Crippen LogP contribution in [-0.2, 0) is 0 Å². The Labute approximate surface area is 127 Å². The summed E-state index contributed by atoms with van der Waals surface area (Å²) in [7, 11) is 0. The first-order valence-electron chi connectivity index (χ1n) is 5.81. The van der Waals surface area contributed by atoms with Gasteiger partial charge >= 0.3 is 0 Å². The van der Waals surface area contributed by atoms with Crippen LogP contribution in [0.5, 0.6) is 0 Å². The molecule has 0 aliphatic heterocycles. The first kappa shape index (κ1) is 15.4. The molecule has 1 amide bonds. The van der Waals surface area contributed by atoms with Crippen molar-refractivity contribution < 1.29 is 18.0 Å². The molecule has 0 aromatic heterocycles. The fourth-order valence-corrected chi connectivity index (χ4v) is 2.46. The molecule has 0 bridgehead atoms. The molecule has 2 rings (SSSR count). The Hall–Kier alpha value is -2.02. The average molecular weight is 359 g/mol. The quantitative estimate of drug-likeness (QED) is 0.629. The van der Waals surface area contributed by atoms with Crippen LogP contribution < -0.4 is 11.1 Å². The minimum atomic E-state index is -1.62. The Morgan fingerprint density at radius 2 is 1.71 bits per heavy atom. The van der Waals surface area contributed by atoms with Gasteiger partial charge in [-0.15, -0.1) is 0 Å². The SMILES string of the molecule is Cc1cc(N)c(NC(=O)c2cc(F)c(F)c(F)c2)c(Br)c1. The molecule has 110 valence electrons. The summed E-state index contributed by atoms with van der Waals surface area (Å²) >= 11 is 3.24. The van der Waals surface area contributed by atoms with Crippen LogP contribution in [0.25, 0.3) is 0 Å². The molecular weight excluding hydrogens is 349 g/mol. The highest BCUT2D eigenvalue weighted by Gasteiger charge is 2.17. The third-order valence-corrected chi connectivity index (χ3v) is 3.38. The Bertz CT molecular complexity index is 688. The standard InChI is InChI=1S/C14H10BrF3N2O/c1-6-2-8(15)13(11(19)3-6)20-14(21)7-4-9(16)12(18)10(17)5-7/h2-5H,19H2,1H3,(H,20,21). The van der Waals surface area contributed by atoms with Crippen molar-refractivity contribution in [2.24, 2.45) is 0 Å². The highest BCUT2D eigenvalue weighted by molar-refractivity contribution is 9.10. The number of anilines is 2. The first-order chi connectivity index (χ1) is 9.79. The number of aryl methyl sites for hydroxylation is 1. The van der Waals surface area contributed by atoms with Crippen molar-refractivity contribution in [1.29, 1.82) is 0 Å². The van der Waals surface area contributed by atoms with Gasteiger partial charge in [-0.05, 0) is 52.7 Å². The maximum Gasteiger partial charge on any atom is 0.255 e. The maximum atomic E-state index is 13.1. The van der Waals surface area contributed by atoms with E-state index in [2.05, 4.69) is 21.2 Å². The Kier molecular flexibility index (Phi) is 4.22. The highest BCUT2D eigenvalue weighted by atomic mass is 79.9. The molecule has 0 atom stereocenters. The van der Waals surface area contributed by atoms with Gasteiger partial charge in [0.2, 0.25) is 0 Å². The van der Waals surface area contributed by atoms with Gasteiger partial charge in [0.25, 0.3) is 5.91 Å². The molecule has 0 aliphatic carbocycles. The van der Waals surface area contributed by atoms with E-state index < -0.39 is 23.4 Å². The van der Waals surface area contributed by atoms with Crippen LogP contribution in [0.3, 0.4) is 0 Å². The van der Waals surface area contributed by atoms with Gasteiger partial charge in [0.1, 0.15) is 0 Å². The third kappa shape index (κ3) is 3.18. The first-order valence-corrected chi connectivity index (χ1v) is 6.60. The molecule has 0 spiro atoms. The fraction of sp³-hybridized carbons (Fsp3) is 0.0714. The van der Waals surface area contributed by atoms with E-state index in [1.165, 1.54) is 0 Å². The topological polar surface area (TPSA) is 55.1 Å². The number of benzene rings is 2. The minimum Gasteiger partial charge on any atom is -0.397 e. The lowest BCUT2D eigenvalue weighted by atomic mass is 10.1. The molecule has 0 unspecified atom stereocenters. The van der Waals surface area contributed by atoms with E-state index in [-0.39, 0.29) is 11.3 Å². The molecule has 3 nitrogen and oxygen atoms in total. The molecule has 0 heterocycles. The molecule has 0 saturated heterocycles. The van der Waals surface area contributed by atoms with E-state index in [0.717, 1.165) is 5.56 Å². The molecule has 0 saturated carbocycles. The van der Waals surface area contributed by atoms with Gasteiger partial charge in [-0.3, -0.25) is 4.79 Å². The summed E-state index contributed by atoms with van der Waals surface area (Å²) in [6, 6.07) is 4.59. The maximum absolute atomic E-state index is 13.1. The monoisotopic (exact) mass is 358 g/mol. The second-order valence-corrected chi connectivity index (χ2v) is 5.27. The number of hydrogen-bond acceptors (Lipinski definition) is 2. The van der Waals surface area contributed by atoms with Crippen molar-refractivity contribution in [3.05, 3.63) is 57.3 Å². The molecule has 3 N–H and O–H groups in total. The van der Waals surface area contributed by atoms with Crippen LogP contribution in [0.2, 0.25) is 0 Å². The third-order valence-electron chi connectivity index (χ3n) is 2.75. The van der Waals surface area contributed by atoms with Crippen molar-refractivity contribution in [2.45, 2.75) is 6.92 Å². The molecule has 0 aliphatic rings. The number of nitrogens with two attached hydrogens (primary N) is 1. The fourth-order valence-electron chi connectivity index (χ4n) is 1.77. The zero-order chi connectivity index (χ0) is 15.7. The number of nitrogen functional groups attached to an aromatic ring is 1. The van der Waals surface area contributed by atoms with E-state index >= 15 is 0 Å². The zero-order valence-electron chi connectivity index (χ0n) is 10.8. The van der Waals surface area contributed by atoms with Gasteiger partial charge in [-0.25, -0.2) is 13.2 Å². The Morgan fingerprint density at radius 1 is 1.14 bits per heavy atom. The predicted octanol–water partition coefficient (Wildman–Crippen LogP) is 4.01. The zero-order valence-corrected chi connectivity index (χ0v) is 12.4. The van der Waals surface area contributed by atoms with Gasteiger partial charge in [0.15, 0.2) is 17.5 Å². The molecule has 0 fully saturated rings. The average Bonchev–Trinajstić information content (AvgIpc) is 2.39. The molecular formula is C14H10BrF3N2O. The van der Waals surface area contributed by atoms with E-state index in [9.17, 15) is 18.0 Å². The summed E-state index contributed by atoms with van der Waals surface area (Å²) in [5.41, 5.74) is 6.87. The van der Waals surface area contributed by atoms with Crippen LogP contribution in [0.1, 0.15) is 15.9 Å². The summed E-state index contributed by atoms with van der Waals surface area (Å²) in [5.74, 6) is -5.29. The van der Waals surface area contributed by atoms with Crippen LogP contribution in [0, 0.1) is 24.4 Å². The summed E-state index contributed by atoms with van der Waals surface area (Å²) < 4.78 is 39.6.